The average molecular weight is 289 g/mol. The molecule has 1 aromatic carbocycles. The van der Waals surface area contributed by atoms with E-state index in [-0.39, 0.29) is 18.4 Å². The number of hydrogen-bond acceptors (Lipinski definition) is 5. The van der Waals surface area contributed by atoms with Crippen LogP contribution in [0.25, 0.3) is 11.4 Å². The third-order valence-electron chi connectivity index (χ3n) is 3.15. The maximum Gasteiger partial charge on any atom is 0.251 e. The third-order valence-corrected chi connectivity index (χ3v) is 3.15. The van der Waals surface area contributed by atoms with Crippen molar-refractivity contribution in [1.82, 2.24) is 15.5 Å². The summed E-state index contributed by atoms with van der Waals surface area (Å²) in [5.74, 6) is 0.778. The predicted octanol–water partition coefficient (Wildman–Crippen LogP) is 1.79. The molecule has 2 rings (SSSR count). The minimum atomic E-state index is -0.558. The van der Waals surface area contributed by atoms with E-state index in [9.17, 15) is 9.90 Å². The van der Waals surface area contributed by atoms with E-state index in [4.69, 9.17) is 4.52 Å². The predicted molar refractivity (Wildman–Crippen MR) is 77.6 cm³/mol. The largest absolute Gasteiger partial charge is 0.391 e. The highest BCUT2D eigenvalue weighted by Gasteiger charge is 2.13. The highest BCUT2D eigenvalue weighted by Crippen LogP contribution is 2.17. The minimum absolute atomic E-state index is 0.0962. The fourth-order valence-electron chi connectivity index (χ4n) is 1.75. The van der Waals surface area contributed by atoms with Crippen LogP contribution in [0.15, 0.2) is 28.8 Å². The summed E-state index contributed by atoms with van der Waals surface area (Å²) < 4.78 is 4.93. The molecule has 1 atom stereocenters. The zero-order valence-corrected chi connectivity index (χ0v) is 12.3. The lowest BCUT2D eigenvalue weighted by Gasteiger charge is -2.15. The SMILES string of the molecule is Cc1nc(-c2cccc(C(=O)NCC(O)C(C)C)c2)no1. The van der Waals surface area contributed by atoms with Crippen LogP contribution in [0.4, 0.5) is 0 Å². The lowest BCUT2D eigenvalue weighted by Crippen LogP contribution is -2.34. The van der Waals surface area contributed by atoms with E-state index in [1.807, 2.05) is 19.9 Å². The summed E-state index contributed by atoms with van der Waals surface area (Å²) in [4.78, 5) is 16.2. The number of aryl methyl sites for hydroxylation is 1. The molecule has 2 N–H and O–H groups in total. The minimum Gasteiger partial charge on any atom is -0.391 e. The van der Waals surface area contributed by atoms with Gasteiger partial charge in [-0.1, -0.05) is 31.1 Å². The van der Waals surface area contributed by atoms with Crippen molar-refractivity contribution in [2.24, 2.45) is 5.92 Å². The summed E-state index contributed by atoms with van der Waals surface area (Å²) in [5.41, 5.74) is 1.20. The lowest BCUT2D eigenvalue weighted by atomic mass is 10.1. The zero-order valence-electron chi connectivity index (χ0n) is 12.3. The molecule has 1 amide bonds. The van der Waals surface area contributed by atoms with E-state index in [1.54, 1.807) is 25.1 Å². The van der Waals surface area contributed by atoms with Crippen molar-refractivity contribution in [2.45, 2.75) is 26.9 Å². The quantitative estimate of drug-likeness (QED) is 0.876. The van der Waals surface area contributed by atoms with Crippen LogP contribution < -0.4 is 5.32 Å². The van der Waals surface area contributed by atoms with E-state index >= 15 is 0 Å². The summed E-state index contributed by atoms with van der Waals surface area (Å²) >= 11 is 0. The molecule has 0 aliphatic heterocycles. The number of nitrogens with zero attached hydrogens (tertiary/aromatic N) is 2. The molecule has 21 heavy (non-hydrogen) atoms. The number of aromatic nitrogens is 2. The van der Waals surface area contributed by atoms with Gasteiger partial charge in [-0.05, 0) is 18.1 Å². The Morgan fingerprint density at radius 2 is 2.19 bits per heavy atom. The molecule has 6 nitrogen and oxygen atoms in total. The monoisotopic (exact) mass is 289 g/mol. The third kappa shape index (κ3) is 3.88. The number of carbonyl (C=O) groups excluding carboxylic acids is 1. The van der Waals surface area contributed by atoms with Crippen LogP contribution >= 0.6 is 0 Å². The average Bonchev–Trinajstić information content (AvgIpc) is 2.91. The van der Waals surface area contributed by atoms with Gasteiger partial charge in [0.2, 0.25) is 11.7 Å². The van der Waals surface area contributed by atoms with Crippen molar-refractivity contribution in [2.75, 3.05) is 6.54 Å². The number of amides is 1. The Morgan fingerprint density at radius 1 is 1.43 bits per heavy atom. The molecule has 0 bridgehead atoms. The highest BCUT2D eigenvalue weighted by atomic mass is 16.5. The van der Waals surface area contributed by atoms with E-state index in [0.717, 1.165) is 0 Å². The summed E-state index contributed by atoms with van der Waals surface area (Å²) in [5, 5.41) is 16.2. The van der Waals surface area contributed by atoms with Crippen molar-refractivity contribution in [3.05, 3.63) is 35.7 Å². The Morgan fingerprint density at radius 3 is 2.81 bits per heavy atom. The normalized spacial score (nSPS) is 12.4. The van der Waals surface area contributed by atoms with Gasteiger partial charge >= 0.3 is 0 Å². The van der Waals surface area contributed by atoms with Crippen molar-refractivity contribution < 1.29 is 14.4 Å². The second-order valence-corrected chi connectivity index (χ2v) is 5.24. The van der Waals surface area contributed by atoms with Gasteiger partial charge in [-0.15, -0.1) is 0 Å². The Bertz CT molecular complexity index is 622. The molecule has 1 heterocycles. The molecular weight excluding hydrogens is 270 g/mol. The smallest absolute Gasteiger partial charge is 0.251 e. The second-order valence-electron chi connectivity index (χ2n) is 5.24. The summed E-state index contributed by atoms with van der Waals surface area (Å²) in [7, 11) is 0. The van der Waals surface area contributed by atoms with E-state index in [2.05, 4.69) is 15.5 Å². The molecule has 0 spiro atoms. The van der Waals surface area contributed by atoms with Gasteiger partial charge in [0, 0.05) is 24.6 Å². The molecule has 6 heteroatoms. The van der Waals surface area contributed by atoms with E-state index in [1.165, 1.54) is 0 Å². The standard InChI is InChI=1S/C15H19N3O3/c1-9(2)13(19)8-16-15(20)12-6-4-5-11(7-12)14-17-10(3)21-18-14/h4-7,9,13,19H,8H2,1-3H3,(H,16,20). The van der Waals surface area contributed by atoms with Gasteiger partial charge < -0.3 is 14.9 Å². The van der Waals surface area contributed by atoms with E-state index in [0.29, 0.717) is 22.8 Å². The molecule has 0 aliphatic rings. The lowest BCUT2D eigenvalue weighted by molar-refractivity contribution is 0.0871. The van der Waals surface area contributed by atoms with Crippen molar-refractivity contribution in [3.8, 4) is 11.4 Å². The van der Waals surface area contributed by atoms with Crippen LogP contribution in [-0.4, -0.2) is 33.8 Å². The number of carbonyl (C=O) groups is 1. The Labute approximate surface area is 123 Å². The molecule has 2 aromatic rings. The summed E-state index contributed by atoms with van der Waals surface area (Å²) in [6.45, 7) is 5.73. The number of nitrogens with one attached hydrogen (secondary N) is 1. The van der Waals surface area contributed by atoms with Gasteiger partial charge in [-0.3, -0.25) is 4.79 Å². The first-order valence-electron chi connectivity index (χ1n) is 6.84. The number of aliphatic hydroxyl groups excluding tert-OH is 1. The van der Waals surface area contributed by atoms with Gasteiger partial charge in [0.05, 0.1) is 6.10 Å². The van der Waals surface area contributed by atoms with Crippen LogP contribution in [0, 0.1) is 12.8 Å². The second kappa shape index (κ2) is 6.49. The molecule has 0 fully saturated rings. The molecule has 0 radical (unpaired) electrons. The fraction of sp³-hybridized carbons (Fsp3) is 0.400. The first-order chi connectivity index (χ1) is 9.97. The first kappa shape index (κ1) is 15.2. The molecular formula is C15H19N3O3. The van der Waals surface area contributed by atoms with E-state index < -0.39 is 6.10 Å². The molecule has 0 saturated heterocycles. The van der Waals surface area contributed by atoms with Crippen molar-refractivity contribution in [1.29, 1.82) is 0 Å². The summed E-state index contributed by atoms with van der Waals surface area (Å²) in [6, 6.07) is 6.97. The van der Waals surface area contributed by atoms with Gasteiger partial charge in [0.1, 0.15) is 0 Å². The van der Waals surface area contributed by atoms with Crippen LogP contribution in [0.1, 0.15) is 30.1 Å². The number of benzene rings is 1. The van der Waals surface area contributed by atoms with Gasteiger partial charge in [-0.25, -0.2) is 0 Å². The number of rotatable bonds is 5. The molecule has 1 aromatic heterocycles. The zero-order chi connectivity index (χ0) is 15.4. The molecule has 112 valence electrons. The fourth-order valence-corrected chi connectivity index (χ4v) is 1.75. The molecule has 0 aliphatic carbocycles. The van der Waals surface area contributed by atoms with Crippen molar-refractivity contribution >= 4 is 5.91 Å². The Hall–Kier alpha value is -2.21. The van der Waals surface area contributed by atoms with Gasteiger partial charge in [0.25, 0.3) is 5.91 Å². The van der Waals surface area contributed by atoms with Gasteiger partial charge in [-0.2, -0.15) is 4.98 Å². The maximum absolute atomic E-state index is 12.1. The number of hydrogen-bond donors (Lipinski definition) is 2. The summed E-state index contributed by atoms with van der Waals surface area (Å²) in [6.07, 6.45) is -0.558. The maximum atomic E-state index is 12.1. The first-order valence-corrected chi connectivity index (χ1v) is 6.84. The van der Waals surface area contributed by atoms with Crippen LogP contribution in [0.2, 0.25) is 0 Å². The Balaban J connectivity index is 2.08. The van der Waals surface area contributed by atoms with Crippen LogP contribution in [-0.2, 0) is 0 Å². The van der Waals surface area contributed by atoms with Crippen LogP contribution in [0.3, 0.4) is 0 Å². The van der Waals surface area contributed by atoms with Gasteiger partial charge in [0.15, 0.2) is 0 Å². The highest BCUT2D eigenvalue weighted by molar-refractivity contribution is 5.95. The van der Waals surface area contributed by atoms with Crippen LogP contribution in [0.5, 0.6) is 0 Å². The molecule has 1 unspecified atom stereocenters. The Kier molecular flexibility index (Phi) is 4.70. The van der Waals surface area contributed by atoms with Crippen molar-refractivity contribution in [3.63, 3.8) is 0 Å². The number of aliphatic hydroxyl groups is 1. The molecule has 0 saturated carbocycles. The topological polar surface area (TPSA) is 88.2 Å².